The van der Waals surface area contributed by atoms with Gasteiger partial charge < -0.3 is 9.84 Å². The monoisotopic (exact) mass is 300 g/mol. The van der Waals surface area contributed by atoms with Gasteiger partial charge in [0, 0.05) is 16.9 Å². The van der Waals surface area contributed by atoms with E-state index in [9.17, 15) is 9.90 Å². The van der Waals surface area contributed by atoms with E-state index >= 15 is 0 Å². The number of fused-ring (bicyclic) bond motifs is 2. The van der Waals surface area contributed by atoms with Crippen molar-refractivity contribution in [2.24, 2.45) is 28.1 Å². The normalized spacial score (nSPS) is 55.7. The van der Waals surface area contributed by atoms with Crippen LogP contribution in [-0.2, 0) is 9.53 Å². The number of hydrogen-bond acceptors (Lipinski definition) is 3. The van der Waals surface area contributed by atoms with Crippen LogP contribution in [0.5, 0.6) is 0 Å². The zero-order chi connectivity index (χ0) is 15.3. The lowest BCUT2D eigenvalue weighted by molar-refractivity contribution is -0.263. The molecule has 3 saturated carbocycles. The van der Waals surface area contributed by atoms with E-state index in [1.165, 1.54) is 18.4 Å². The second-order valence-electron chi connectivity index (χ2n) is 8.76. The molecule has 1 spiro atoms. The van der Waals surface area contributed by atoms with E-state index in [1.807, 2.05) is 6.08 Å². The minimum absolute atomic E-state index is 0.0743. The van der Waals surface area contributed by atoms with Crippen molar-refractivity contribution in [2.75, 3.05) is 13.2 Å². The van der Waals surface area contributed by atoms with Crippen LogP contribution >= 0.6 is 0 Å². The highest BCUT2D eigenvalue weighted by Crippen LogP contribution is 2.75. The summed E-state index contributed by atoms with van der Waals surface area (Å²) in [6.45, 7) is 7.83. The van der Waals surface area contributed by atoms with Crippen LogP contribution in [0.3, 0.4) is 0 Å². The fourth-order valence-corrected chi connectivity index (χ4v) is 7.08. The van der Waals surface area contributed by atoms with Crippen molar-refractivity contribution in [1.82, 2.24) is 0 Å². The average Bonchev–Trinajstić information content (AvgIpc) is 2.42. The Morgan fingerprint density at radius 1 is 1.36 bits per heavy atom. The summed E-state index contributed by atoms with van der Waals surface area (Å²) in [5.74, 6) is 0.788. The molecule has 0 aromatic heterocycles. The van der Waals surface area contributed by atoms with Gasteiger partial charge in [-0.3, -0.25) is 4.79 Å². The fourth-order valence-electron chi connectivity index (χ4n) is 7.08. The van der Waals surface area contributed by atoms with Crippen molar-refractivity contribution in [3.63, 3.8) is 0 Å². The predicted molar refractivity (Wildman–Crippen MR) is 82.1 cm³/mol. The van der Waals surface area contributed by atoms with Crippen molar-refractivity contribution in [3.05, 3.63) is 23.8 Å². The molecule has 6 rings (SSSR count). The molecule has 0 aromatic rings. The van der Waals surface area contributed by atoms with Crippen molar-refractivity contribution >= 4 is 5.78 Å². The largest absolute Gasteiger partial charge is 0.392 e. The van der Waals surface area contributed by atoms with Gasteiger partial charge in [0.15, 0.2) is 5.78 Å². The number of ketones is 1. The Morgan fingerprint density at radius 3 is 3.00 bits per heavy atom. The number of hydrogen-bond donors (Lipinski definition) is 1. The van der Waals surface area contributed by atoms with Crippen LogP contribution in [0, 0.1) is 28.1 Å². The SMILES string of the molecule is C=C1C=C2C[C@@]3(C1=O)C2[C@@]12CCC[C@@](C)(COC1)C2C[C@H]3O. The number of aliphatic hydroxyl groups is 1. The topological polar surface area (TPSA) is 46.5 Å². The van der Waals surface area contributed by atoms with E-state index in [1.54, 1.807) is 0 Å². The smallest absolute Gasteiger partial charge is 0.171 e. The van der Waals surface area contributed by atoms with Gasteiger partial charge in [0.2, 0.25) is 0 Å². The van der Waals surface area contributed by atoms with Crippen molar-refractivity contribution in [1.29, 1.82) is 0 Å². The molecule has 0 amide bonds. The quantitative estimate of drug-likeness (QED) is 0.700. The number of carbonyl (C=O) groups is 1. The molecule has 6 aliphatic rings. The van der Waals surface area contributed by atoms with E-state index < -0.39 is 11.5 Å². The highest BCUT2D eigenvalue weighted by Gasteiger charge is 2.75. The summed E-state index contributed by atoms with van der Waals surface area (Å²) >= 11 is 0. The van der Waals surface area contributed by atoms with E-state index in [0.29, 0.717) is 11.5 Å². The highest BCUT2D eigenvalue weighted by atomic mass is 16.5. The van der Waals surface area contributed by atoms with Gasteiger partial charge >= 0.3 is 0 Å². The first-order chi connectivity index (χ1) is 10.4. The van der Waals surface area contributed by atoms with Crippen LogP contribution in [0.1, 0.15) is 39.0 Å². The van der Waals surface area contributed by atoms with Crippen LogP contribution in [0.15, 0.2) is 23.8 Å². The number of carbonyl (C=O) groups excluding carboxylic acids is 1. The molecule has 2 unspecified atom stereocenters. The molecule has 4 bridgehead atoms. The predicted octanol–water partition coefficient (Wildman–Crippen LogP) is 2.65. The van der Waals surface area contributed by atoms with Gasteiger partial charge in [-0.25, -0.2) is 0 Å². The van der Waals surface area contributed by atoms with E-state index in [0.717, 1.165) is 32.5 Å². The minimum atomic E-state index is -0.573. The first-order valence-corrected chi connectivity index (χ1v) is 8.64. The maximum Gasteiger partial charge on any atom is 0.171 e. The molecule has 1 heterocycles. The third-order valence-electron chi connectivity index (χ3n) is 7.81. The third-order valence-corrected chi connectivity index (χ3v) is 7.81. The maximum atomic E-state index is 12.9. The number of ether oxygens (including phenoxy) is 1. The molecule has 1 saturated heterocycles. The molecule has 22 heavy (non-hydrogen) atoms. The highest BCUT2D eigenvalue weighted by molar-refractivity contribution is 6.06. The Labute approximate surface area is 131 Å². The summed E-state index contributed by atoms with van der Waals surface area (Å²) < 4.78 is 6.07. The number of allylic oxidation sites excluding steroid dienone is 3. The molecule has 1 N–H and O–H groups in total. The van der Waals surface area contributed by atoms with E-state index in [4.69, 9.17) is 4.74 Å². The van der Waals surface area contributed by atoms with Crippen LogP contribution < -0.4 is 0 Å². The maximum absolute atomic E-state index is 12.9. The number of Topliss-reactive ketones (excluding diaryl/α,β-unsaturated/α-hetero) is 1. The standard InChI is InChI=1S/C19H24O3/c1-11-6-12-8-19(16(11)21)14(20)7-13-17(2)4-3-5-18(13,15(12)19)10-22-9-17/h6,13-15,20H,1,3-5,7-10H2,2H3/t13?,14-,15?,17+,18+,19+/m1/s1. The lowest BCUT2D eigenvalue weighted by Crippen LogP contribution is -2.73. The molecule has 4 fully saturated rings. The van der Waals surface area contributed by atoms with Gasteiger partial charge in [0.25, 0.3) is 0 Å². The van der Waals surface area contributed by atoms with Crippen molar-refractivity contribution in [2.45, 2.75) is 45.1 Å². The molecule has 0 aromatic carbocycles. The van der Waals surface area contributed by atoms with Gasteiger partial charge in [-0.05, 0) is 37.0 Å². The Bertz CT molecular complexity index is 621. The number of rotatable bonds is 0. The van der Waals surface area contributed by atoms with E-state index in [-0.39, 0.29) is 22.5 Å². The van der Waals surface area contributed by atoms with Crippen LogP contribution in [0.4, 0.5) is 0 Å². The summed E-state index contributed by atoms with van der Waals surface area (Å²) in [4.78, 5) is 12.9. The van der Waals surface area contributed by atoms with Crippen LogP contribution in [0.25, 0.3) is 0 Å². The van der Waals surface area contributed by atoms with Gasteiger partial charge in [0.05, 0.1) is 24.7 Å². The van der Waals surface area contributed by atoms with Gasteiger partial charge in [0.1, 0.15) is 0 Å². The first-order valence-electron chi connectivity index (χ1n) is 8.64. The second kappa shape index (κ2) is 3.76. The molecule has 3 heteroatoms. The summed E-state index contributed by atoms with van der Waals surface area (Å²) in [7, 11) is 0. The summed E-state index contributed by atoms with van der Waals surface area (Å²) in [5, 5.41) is 11.0. The molecule has 1 aliphatic heterocycles. The summed E-state index contributed by atoms with van der Waals surface area (Å²) in [5.41, 5.74) is 1.62. The van der Waals surface area contributed by atoms with Crippen LogP contribution in [0.2, 0.25) is 0 Å². The second-order valence-corrected chi connectivity index (χ2v) is 8.76. The lowest BCUT2D eigenvalue weighted by atomic mass is 9.32. The zero-order valence-corrected chi connectivity index (χ0v) is 13.2. The Kier molecular flexibility index (Phi) is 2.31. The lowest BCUT2D eigenvalue weighted by Gasteiger charge is -2.72. The zero-order valence-electron chi connectivity index (χ0n) is 13.2. The molecule has 5 aliphatic carbocycles. The van der Waals surface area contributed by atoms with Crippen molar-refractivity contribution < 1.29 is 14.6 Å². The van der Waals surface area contributed by atoms with Crippen molar-refractivity contribution in [3.8, 4) is 0 Å². The average molecular weight is 300 g/mol. The fraction of sp³-hybridized carbons (Fsp3) is 0.737. The first kappa shape index (κ1) is 13.5. The third kappa shape index (κ3) is 1.20. The number of aliphatic hydroxyl groups excluding tert-OH is 1. The Balaban J connectivity index is 1.71. The molecule has 118 valence electrons. The Hall–Kier alpha value is -0.930. The summed E-state index contributed by atoms with van der Waals surface area (Å²) in [6, 6.07) is 0. The van der Waals surface area contributed by atoms with Gasteiger partial charge in [-0.1, -0.05) is 31.6 Å². The van der Waals surface area contributed by atoms with E-state index in [2.05, 4.69) is 13.5 Å². The van der Waals surface area contributed by atoms with Gasteiger partial charge in [-0.2, -0.15) is 0 Å². The molecular weight excluding hydrogens is 276 g/mol. The Morgan fingerprint density at radius 2 is 2.18 bits per heavy atom. The van der Waals surface area contributed by atoms with Crippen LogP contribution in [-0.4, -0.2) is 30.2 Å². The van der Waals surface area contributed by atoms with Gasteiger partial charge in [-0.15, -0.1) is 0 Å². The molecular formula is C19H24O3. The molecule has 0 radical (unpaired) electrons. The molecule has 3 nitrogen and oxygen atoms in total. The molecule has 6 atom stereocenters. The minimum Gasteiger partial charge on any atom is -0.392 e. The summed E-state index contributed by atoms with van der Waals surface area (Å²) in [6.07, 6.45) is 6.58.